The van der Waals surface area contributed by atoms with Crippen molar-refractivity contribution in [2.24, 2.45) is 5.41 Å². The van der Waals surface area contributed by atoms with Gasteiger partial charge in [0.1, 0.15) is 11.5 Å². The lowest BCUT2D eigenvalue weighted by Crippen LogP contribution is -2.22. The fourth-order valence-corrected chi connectivity index (χ4v) is 1.45. The molecule has 0 radical (unpaired) electrons. The monoisotopic (exact) mass is 264 g/mol. The maximum absolute atomic E-state index is 10.9. The number of carboxylic acid groups (broad SMARTS) is 1. The number of benzene rings is 1. The van der Waals surface area contributed by atoms with E-state index in [-0.39, 0.29) is 5.75 Å². The Morgan fingerprint density at radius 2 is 1.95 bits per heavy atom. The van der Waals surface area contributed by atoms with E-state index in [2.05, 4.69) is 0 Å². The van der Waals surface area contributed by atoms with E-state index in [1.165, 1.54) is 6.26 Å². The highest BCUT2D eigenvalue weighted by Gasteiger charge is 2.25. The molecule has 0 aromatic heterocycles. The molecule has 0 amide bonds. The number of aromatic hydroxyl groups is 1. The molecule has 4 nitrogen and oxygen atoms in total. The van der Waals surface area contributed by atoms with Crippen molar-refractivity contribution in [1.82, 2.24) is 0 Å². The summed E-state index contributed by atoms with van der Waals surface area (Å²) >= 11 is 0. The SMILES string of the molecule is Cc1cc(O/C=C/CC(C)(C)C(=O)O)c(C)cc1O. The summed E-state index contributed by atoms with van der Waals surface area (Å²) in [6.07, 6.45) is 3.57. The predicted octanol–water partition coefficient (Wildman–Crippen LogP) is 3.40. The summed E-state index contributed by atoms with van der Waals surface area (Å²) in [7, 11) is 0. The van der Waals surface area contributed by atoms with Crippen LogP contribution in [0.5, 0.6) is 11.5 Å². The number of ether oxygens (including phenoxy) is 1. The molecule has 0 aliphatic rings. The van der Waals surface area contributed by atoms with Crippen molar-refractivity contribution in [3.05, 3.63) is 35.6 Å². The number of rotatable bonds is 5. The van der Waals surface area contributed by atoms with Gasteiger partial charge in [-0.25, -0.2) is 0 Å². The summed E-state index contributed by atoms with van der Waals surface area (Å²) in [5, 5.41) is 18.5. The molecule has 0 saturated heterocycles. The predicted molar refractivity (Wildman–Crippen MR) is 73.4 cm³/mol. The van der Waals surface area contributed by atoms with Crippen LogP contribution in [0.25, 0.3) is 0 Å². The third kappa shape index (κ3) is 4.02. The van der Waals surface area contributed by atoms with Crippen molar-refractivity contribution >= 4 is 5.97 Å². The molecular weight excluding hydrogens is 244 g/mol. The second-order valence-corrected chi connectivity index (χ2v) is 5.29. The average Bonchev–Trinajstić information content (AvgIpc) is 2.30. The summed E-state index contributed by atoms with van der Waals surface area (Å²) in [6, 6.07) is 3.39. The van der Waals surface area contributed by atoms with E-state index < -0.39 is 11.4 Å². The van der Waals surface area contributed by atoms with Crippen molar-refractivity contribution < 1.29 is 19.7 Å². The summed E-state index contributed by atoms with van der Waals surface area (Å²) in [6.45, 7) is 6.95. The average molecular weight is 264 g/mol. The van der Waals surface area contributed by atoms with Crippen molar-refractivity contribution in [1.29, 1.82) is 0 Å². The van der Waals surface area contributed by atoms with Gasteiger partial charge in [-0.1, -0.05) is 0 Å². The first kappa shape index (κ1) is 15.1. The van der Waals surface area contributed by atoms with Gasteiger partial charge in [-0.05, 0) is 63.5 Å². The van der Waals surface area contributed by atoms with Gasteiger partial charge in [0.25, 0.3) is 0 Å². The van der Waals surface area contributed by atoms with Crippen molar-refractivity contribution in [2.45, 2.75) is 34.1 Å². The fourth-order valence-electron chi connectivity index (χ4n) is 1.45. The Bertz CT molecular complexity index is 501. The highest BCUT2D eigenvalue weighted by atomic mass is 16.5. The molecule has 0 spiro atoms. The molecule has 0 atom stereocenters. The van der Waals surface area contributed by atoms with Crippen LogP contribution in [-0.4, -0.2) is 16.2 Å². The molecular formula is C15H20O4. The maximum Gasteiger partial charge on any atom is 0.309 e. The molecule has 19 heavy (non-hydrogen) atoms. The molecule has 0 heterocycles. The van der Waals surface area contributed by atoms with Gasteiger partial charge in [-0.2, -0.15) is 0 Å². The molecule has 2 N–H and O–H groups in total. The summed E-state index contributed by atoms with van der Waals surface area (Å²) in [5.74, 6) is 0.0503. The number of aryl methyl sites for hydroxylation is 2. The Balaban J connectivity index is 2.68. The third-order valence-electron chi connectivity index (χ3n) is 2.99. The zero-order valence-corrected chi connectivity index (χ0v) is 11.7. The van der Waals surface area contributed by atoms with Crippen LogP contribution in [0.4, 0.5) is 0 Å². The minimum atomic E-state index is -0.839. The quantitative estimate of drug-likeness (QED) is 0.800. The molecule has 1 aromatic rings. The van der Waals surface area contributed by atoms with Gasteiger partial charge in [0.2, 0.25) is 0 Å². The van der Waals surface area contributed by atoms with E-state index >= 15 is 0 Å². The van der Waals surface area contributed by atoms with Gasteiger partial charge in [-0.3, -0.25) is 4.79 Å². The second-order valence-electron chi connectivity index (χ2n) is 5.29. The number of carbonyl (C=O) groups is 1. The van der Waals surface area contributed by atoms with Gasteiger partial charge >= 0.3 is 5.97 Å². The first-order valence-electron chi connectivity index (χ1n) is 6.09. The third-order valence-corrected chi connectivity index (χ3v) is 2.99. The molecule has 0 aliphatic heterocycles. The molecule has 0 fully saturated rings. The molecule has 0 saturated carbocycles. The molecule has 0 unspecified atom stereocenters. The van der Waals surface area contributed by atoms with E-state index in [0.29, 0.717) is 12.2 Å². The Morgan fingerprint density at radius 1 is 1.32 bits per heavy atom. The molecule has 4 heteroatoms. The number of allylic oxidation sites excluding steroid dienone is 1. The number of hydrogen-bond donors (Lipinski definition) is 2. The van der Waals surface area contributed by atoms with Crippen LogP contribution in [0.2, 0.25) is 0 Å². The molecule has 0 bridgehead atoms. The number of carboxylic acids is 1. The lowest BCUT2D eigenvalue weighted by Gasteiger charge is -2.15. The van der Waals surface area contributed by atoms with Gasteiger partial charge in [0.15, 0.2) is 0 Å². The lowest BCUT2D eigenvalue weighted by molar-refractivity contribution is -0.146. The number of aliphatic carboxylic acids is 1. The van der Waals surface area contributed by atoms with E-state index in [1.807, 2.05) is 6.92 Å². The Kier molecular flexibility index (Phi) is 4.59. The summed E-state index contributed by atoms with van der Waals surface area (Å²) < 4.78 is 5.46. The molecule has 104 valence electrons. The second kappa shape index (κ2) is 5.78. The van der Waals surface area contributed by atoms with Gasteiger partial charge in [0.05, 0.1) is 11.7 Å². The van der Waals surface area contributed by atoms with E-state index in [1.54, 1.807) is 39.0 Å². The van der Waals surface area contributed by atoms with Gasteiger partial charge < -0.3 is 14.9 Å². The van der Waals surface area contributed by atoms with Crippen molar-refractivity contribution in [3.63, 3.8) is 0 Å². The highest BCUT2D eigenvalue weighted by Crippen LogP contribution is 2.27. The minimum absolute atomic E-state index is 0.237. The highest BCUT2D eigenvalue weighted by molar-refractivity contribution is 5.73. The van der Waals surface area contributed by atoms with Crippen LogP contribution >= 0.6 is 0 Å². The van der Waals surface area contributed by atoms with Crippen LogP contribution in [0, 0.1) is 19.3 Å². The van der Waals surface area contributed by atoms with E-state index in [0.717, 1.165) is 11.1 Å². The van der Waals surface area contributed by atoms with E-state index in [9.17, 15) is 9.90 Å². The standard InChI is InChI=1S/C15H20O4/c1-10-9-13(11(2)8-12(10)16)19-7-5-6-15(3,4)14(17)18/h5,7-9,16H,6H2,1-4H3,(H,17,18)/b7-5+. The van der Waals surface area contributed by atoms with Crippen LogP contribution in [-0.2, 0) is 4.79 Å². The molecule has 0 aliphatic carbocycles. The summed E-state index contributed by atoms with van der Waals surface area (Å²) in [4.78, 5) is 10.9. The Labute approximate surface area is 113 Å². The summed E-state index contributed by atoms with van der Waals surface area (Å²) in [5.41, 5.74) is 0.755. The van der Waals surface area contributed by atoms with Gasteiger partial charge in [-0.15, -0.1) is 0 Å². The smallest absolute Gasteiger partial charge is 0.309 e. The minimum Gasteiger partial charge on any atom is -0.508 e. The molecule has 1 rings (SSSR count). The molecule has 1 aromatic carbocycles. The van der Waals surface area contributed by atoms with Crippen molar-refractivity contribution in [3.8, 4) is 11.5 Å². The fraction of sp³-hybridized carbons (Fsp3) is 0.400. The normalized spacial score (nSPS) is 11.8. The van der Waals surface area contributed by atoms with Crippen LogP contribution in [0.1, 0.15) is 31.4 Å². The van der Waals surface area contributed by atoms with Crippen LogP contribution in [0.15, 0.2) is 24.5 Å². The Morgan fingerprint density at radius 3 is 2.53 bits per heavy atom. The number of phenolic OH excluding ortho intramolecular Hbond substituents is 1. The lowest BCUT2D eigenvalue weighted by atomic mass is 9.90. The first-order valence-corrected chi connectivity index (χ1v) is 6.09. The van der Waals surface area contributed by atoms with E-state index in [4.69, 9.17) is 9.84 Å². The topological polar surface area (TPSA) is 66.8 Å². The number of hydrogen-bond acceptors (Lipinski definition) is 3. The Hall–Kier alpha value is -1.97. The first-order chi connectivity index (χ1) is 8.74. The zero-order valence-electron chi connectivity index (χ0n) is 11.7. The maximum atomic E-state index is 10.9. The largest absolute Gasteiger partial charge is 0.508 e. The van der Waals surface area contributed by atoms with Crippen molar-refractivity contribution in [2.75, 3.05) is 0 Å². The number of phenols is 1. The zero-order chi connectivity index (χ0) is 14.6. The van der Waals surface area contributed by atoms with Crippen LogP contribution in [0.3, 0.4) is 0 Å². The van der Waals surface area contributed by atoms with Gasteiger partial charge in [0, 0.05) is 0 Å². The van der Waals surface area contributed by atoms with Crippen LogP contribution < -0.4 is 4.74 Å².